The van der Waals surface area contributed by atoms with Crippen LogP contribution in [0.1, 0.15) is 36.2 Å². The normalized spacial score (nSPS) is 16.1. The Morgan fingerprint density at radius 3 is 2.67 bits per heavy atom. The number of hydrogen-bond donors (Lipinski definition) is 0. The summed E-state index contributed by atoms with van der Waals surface area (Å²) in [5, 5.41) is 0. The second-order valence-electron chi connectivity index (χ2n) is 8.68. The second kappa shape index (κ2) is 10.5. The van der Waals surface area contributed by atoms with E-state index in [1.807, 2.05) is 63.4 Å². The van der Waals surface area contributed by atoms with Gasteiger partial charge in [-0.25, -0.2) is 9.78 Å². The van der Waals surface area contributed by atoms with E-state index < -0.39 is 0 Å². The topological polar surface area (TPSA) is 54.9 Å². The molecule has 0 bridgehead atoms. The lowest BCUT2D eigenvalue weighted by Crippen LogP contribution is -2.36. The fourth-order valence-corrected chi connectivity index (χ4v) is 4.15. The quantitative estimate of drug-likeness (QED) is 0.447. The van der Waals surface area contributed by atoms with Gasteiger partial charge in [-0.05, 0) is 62.2 Å². The van der Waals surface area contributed by atoms with Gasteiger partial charge in [-0.1, -0.05) is 30.3 Å². The molecular weight excluding hydrogens is 414 g/mol. The number of anilines is 1. The minimum absolute atomic E-state index is 0.167. The van der Waals surface area contributed by atoms with Crippen molar-refractivity contribution in [2.45, 2.75) is 39.0 Å². The summed E-state index contributed by atoms with van der Waals surface area (Å²) in [6.45, 7) is 6.44. The molecule has 0 amide bonds. The van der Waals surface area contributed by atoms with E-state index in [1.165, 1.54) is 5.56 Å². The Hall–Kier alpha value is -3.38. The number of pyridine rings is 1. The standard InChI is InChI=1S/C27H31N3O3/c1-20(2)32-27(31)25-13-8-15-28-26(25)29(3)22-14-16-30(19-22)18-21-9-7-12-24(17-21)33-23-10-5-4-6-11-23/h4-13,15,17,20,22H,14,16,18-19H2,1-3H3. The molecule has 2 heterocycles. The molecule has 172 valence electrons. The van der Waals surface area contributed by atoms with Crippen LogP contribution in [-0.4, -0.2) is 48.1 Å². The van der Waals surface area contributed by atoms with E-state index in [0.717, 1.165) is 37.6 Å². The summed E-state index contributed by atoms with van der Waals surface area (Å²) in [5.41, 5.74) is 1.73. The highest BCUT2D eigenvalue weighted by atomic mass is 16.5. The monoisotopic (exact) mass is 445 g/mol. The molecule has 1 atom stereocenters. The van der Waals surface area contributed by atoms with Crippen LogP contribution in [0.15, 0.2) is 72.9 Å². The molecule has 1 aliphatic rings. The zero-order valence-corrected chi connectivity index (χ0v) is 19.5. The van der Waals surface area contributed by atoms with E-state index >= 15 is 0 Å². The number of carbonyl (C=O) groups excluding carboxylic acids is 1. The van der Waals surface area contributed by atoms with Crippen LogP contribution < -0.4 is 9.64 Å². The summed E-state index contributed by atoms with van der Waals surface area (Å²) in [7, 11) is 2.01. The SMILES string of the molecule is CC(C)OC(=O)c1cccnc1N(C)C1CCN(Cc2cccc(Oc3ccccc3)c2)C1. The number of nitrogens with zero attached hydrogens (tertiary/aromatic N) is 3. The number of aromatic nitrogens is 1. The van der Waals surface area contributed by atoms with Gasteiger partial charge in [0.2, 0.25) is 0 Å². The van der Waals surface area contributed by atoms with Crippen molar-refractivity contribution in [3.05, 3.63) is 84.1 Å². The summed E-state index contributed by atoms with van der Waals surface area (Å²) < 4.78 is 11.4. The van der Waals surface area contributed by atoms with Gasteiger partial charge in [0, 0.05) is 38.9 Å². The average Bonchev–Trinajstić information content (AvgIpc) is 3.27. The lowest BCUT2D eigenvalue weighted by molar-refractivity contribution is 0.0378. The van der Waals surface area contributed by atoms with Crippen LogP contribution in [0, 0.1) is 0 Å². The molecule has 1 fully saturated rings. The maximum absolute atomic E-state index is 12.6. The maximum atomic E-state index is 12.6. The molecule has 1 aromatic heterocycles. The molecule has 33 heavy (non-hydrogen) atoms. The second-order valence-corrected chi connectivity index (χ2v) is 8.68. The lowest BCUT2D eigenvalue weighted by Gasteiger charge is -2.27. The maximum Gasteiger partial charge on any atom is 0.342 e. The fourth-order valence-electron chi connectivity index (χ4n) is 4.15. The van der Waals surface area contributed by atoms with Gasteiger partial charge in [-0.3, -0.25) is 4.90 Å². The largest absolute Gasteiger partial charge is 0.459 e. The third-order valence-corrected chi connectivity index (χ3v) is 5.76. The van der Waals surface area contributed by atoms with Crippen molar-refractivity contribution in [1.29, 1.82) is 0 Å². The Kier molecular flexibility index (Phi) is 7.25. The summed E-state index contributed by atoms with van der Waals surface area (Å²) in [6, 6.07) is 21.9. The Morgan fingerprint density at radius 1 is 1.09 bits per heavy atom. The predicted molar refractivity (Wildman–Crippen MR) is 130 cm³/mol. The molecule has 3 aromatic rings. The fraction of sp³-hybridized carbons (Fsp3) is 0.333. The van der Waals surface area contributed by atoms with Crippen LogP contribution in [0.3, 0.4) is 0 Å². The van der Waals surface area contributed by atoms with E-state index in [1.54, 1.807) is 18.3 Å². The smallest absolute Gasteiger partial charge is 0.342 e. The van der Waals surface area contributed by atoms with Gasteiger partial charge in [0.25, 0.3) is 0 Å². The first kappa shape index (κ1) is 22.8. The molecule has 4 rings (SSSR count). The van der Waals surface area contributed by atoms with Gasteiger partial charge in [-0.15, -0.1) is 0 Å². The number of carbonyl (C=O) groups is 1. The molecule has 6 nitrogen and oxygen atoms in total. The third-order valence-electron chi connectivity index (χ3n) is 5.76. The summed E-state index contributed by atoms with van der Waals surface area (Å²) >= 11 is 0. The molecule has 1 aliphatic heterocycles. The van der Waals surface area contributed by atoms with Crippen molar-refractivity contribution >= 4 is 11.8 Å². The Balaban J connectivity index is 1.39. The number of esters is 1. The molecule has 0 aliphatic carbocycles. The minimum Gasteiger partial charge on any atom is -0.459 e. The van der Waals surface area contributed by atoms with Crippen LogP contribution in [0.2, 0.25) is 0 Å². The number of rotatable bonds is 8. The molecule has 0 radical (unpaired) electrons. The number of ether oxygens (including phenoxy) is 2. The Bertz CT molecular complexity index is 1070. The van der Waals surface area contributed by atoms with Gasteiger partial charge >= 0.3 is 5.97 Å². The van der Waals surface area contributed by atoms with Crippen molar-refractivity contribution in [2.75, 3.05) is 25.0 Å². The Labute approximate surface area is 195 Å². The average molecular weight is 446 g/mol. The van der Waals surface area contributed by atoms with Gasteiger partial charge in [0.15, 0.2) is 0 Å². The van der Waals surface area contributed by atoms with E-state index in [-0.39, 0.29) is 18.1 Å². The number of hydrogen-bond acceptors (Lipinski definition) is 6. The first-order valence-corrected chi connectivity index (χ1v) is 11.4. The number of benzene rings is 2. The summed E-state index contributed by atoms with van der Waals surface area (Å²) in [6.07, 6.45) is 2.56. The van der Waals surface area contributed by atoms with Crippen molar-refractivity contribution in [1.82, 2.24) is 9.88 Å². The Morgan fingerprint density at radius 2 is 1.88 bits per heavy atom. The van der Waals surface area contributed by atoms with Gasteiger partial charge in [0.1, 0.15) is 22.9 Å². The molecule has 0 spiro atoms. The molecule has 0 saturated carbocycles. The van der Waals surface area contributed by atoms with E-state index in [0.29, 0.717) is 11.4 Å². The molecule has 1 saturated heterocycles. The first-order valence-electron chi connectivity index (χ1n) is 11.4. The number of likely N-dealkylation sites (N-methyl/N-ethyl adjacent to an activating group) is 1. The van der Waals surface area contributed by atoms with Crippen LogP contribution >= 0.6 is 0 Å². The first-order chi connectivity index (χ1) is 16.0. The van der Waals surface area contributed by atoms with E-state index in [4.69, 9.17) is 9.47 Å². The summed E-state index contributed by atoms with van der Waals surface area (Å²) in [4.78, 5) is 21.6. The van der Waals surface area contributed by atoms with Gasteiger partial charge in [0.05, 0.1) is 6.10 Å². The molecule has 0 N–H and O–H groups in total. The van der Waals surface area contributed by atoms with Crippen molar-refractivity contribution in [3.63, 3.8) is 0 Å². The van der Waals surface area contributed by atoms with Gasteiger partial charge in [-0.2, -0.15) is 0 Å². The number of likely N-dealkylation sites (tertiary alicyclic amines) is 1. The highest BCUT2D eigenvalue weighted by Gasteiger charge is 2.29. The van der Waals surface area contributed by atoms with Crippen LogP contribution in [0.5, 0.6) is 11.5 Å². The molecule has 1 unspecified atom stereocenters. The zero-order chi connectivity index (χ0) is 23.2. The van der Waals surface area contributed by atoms with Crippen LogP contribution in [0.4, 0.5) is 5.82 Å². The highest BCUT2D eigenvalue weighted by molar-refractivity contribution is 5.94. The van der Waals surface area contributed by atoms with Crippen LogP contribution in [-0.2, 0) is 11.3 Å². The molecule has 6 heteroatoms. The summed E-state index contributed by atoms with van der Waals surface area (Å²) in [5.74, 6) is 2.02. The van der Waals surface area contributed by atoms with Crippen molar-refractivity contribution in [2.24, 2.45) is 0 Å². The zero-order valence-electron chi connectivity index (χ0n) is 19.5. The van der Waals surface area contributed by atoms with Crippen molar-refractivity contribution < 1.29 is 14.3 Å². The molecule has 2 aromatic carbocycles. The third kappa shape index (κ3) is 5.90. The van der Waals surface area contributed by atoms with E-state index in [9.17, 15) is 4.79 Å². The molecular formula is C27H31N3O3. The van der Waals surface area contributed by atoms with Crippen molar-refractivity contribution in [3.8, 4) is 11.5 Å². The van der Waals surface area contributed by atoms with Gasteiger partial charge < -0.3 is 14.4 Å². The minimum atomic E-state index is -0.329. The predicted octanol–water partition coefficient (Wildman–Crippen LogP) is 5.15. The highest BCUT2D eigenvalue weighted by Crippen LogP contribution is 2.26. The van der Waals surface area contributed by atoms with E-state index in [2.05, 4.69) is 26.9 Å². The number of para-hydroxylation sites is 1. The lowest BCUT2D eigenvalue weighted by atomic mass is 10.2. The van der Waals surface area contributed by atoms with Crippen LogP contribution in [0.25, 0.3) is 0 Å².